The van der Waals surface area contributed by atoms with Crippen molar-refractivity contribution in [2.75, 3.05) is 0 Å². The largest absolute Gasteiger partial charge is 0.505 e. The van der Waals surface area contributed by atoms with E-state index < -0.39 is 28.9 Å². The van der Waals surface area contributed by atoms with Crippen molar-refractivity contribution in [2.45, 2.75) is 6.61 Å². The van der Waals surface area contributed by atoms with Crippen LogP contribution in [0, 0.1) is 11.6 Å². The van der Waals surface area contributed by atoms with Crippen molar-refractivity contribution in [1.82, 2.24) is 0 Å². The maximum Gasteiger partial charge on any atom is 0.341 e. The van der Waals surface area contributed by atoms with Gasteiger partial charge in [-0.15, -0.1) is 0 Å². The number of carbonyl (C=O) groups is 1. The highest BCUT2D eigenvalue weighted by Crippen LogP contribution is 2.21. The Morgan fingerprint density at radius 1 is 1.11 bits per heavy atom. The van der Waals surface area contributed by atoms with E-state index in [9.17, 15) is 13.6 Å². The van der Waals surface area contributed by atoms with E-state index in [1.807, 2.05) is 6.07 Å². The Morgan fingerprint density at radius 2 is 1.79 bits per heavy atom. The van der Waals surface area contributed by atoms with Gasteiger partial charge < -0.3 is 9.84 Å². The second kappa shape index (κ2) is 5.48. The zero-order valence-corrected chi connectivity index (χ0v) is 9.77. The van der Waals surface area contributed by atoms with Gasteiger partial charge in [0.1, 0.15) is 12.4 Å². The van der Waals surface area contributed by atoms with Crippen molar-refractivity contribution in [3.05, 3.63) is 65.2 Å². The molecule has 19 heavy (non-hydrogen) atoms. The maximum absolute atomic E-state index is 13.4. The summed E-state index contributed by atoms with van der Waals surface area (Å²) in [5.74, 6) is -3.96. The zero-order valence-electron chi connectivity index (χ0n) is 9.77. The lowest BCUT2D eigenvalue weighted by molar-refractivity contribution is 0.0466. The molecule has 0 atom stereocenters. The van der Waals surface area contributed by atoms with Gasteiger partial charge >= 0.3 is 5.97 Å². The molecule has 0 amide bonds. The van der Waals surface area contributed by atoms with Gasteiger partial charge in [0.05, 0.1) is 5.56 Å². The molecular weight excluding hydrogens is 254 g/mol. The van der Waals surface area contributed by atoms with E-state index in [1.54, 1.807) is 24.3 Å². The van der Waals surface area contributed by atoms with Gasteiger partial charge in [0, 0.05) is 12.1 Å². The van der Waals surface area contributed by atoms with E-state index in [2.05, 4.69) is 0 Å². The highest BCUT2D eigenvalue weighted by Gasteiger charge is 2.17. The molecule has 0 aromatic heterocycles. The normalized spacial score (nSPS) is 10.2. The van der Waals surface area contributed by atoms with Crippen LogP contribution in [0.15, 0.2) is 42.5 Å². The van der Waals surface area contributed by atoms with Gasteiger partial charge in [-0.3, -0.25) is 0 Å². The number of hydrogen-bond donors (Lipinski definition) is 1. The standard InChI is InChI=1S/C14H10F2O3/c15-11-7-12(16)13(17)6-10(11)14(18)19-8-9-4-2-1-3-5-9/h1-7,17H,8H2. The van der Waals surface area contributed by atoms with Crippen LogP contribution in [0.2, 0.25) is 0 Å². The summed E-state index contributed by atoms with van der Waals surface area (Å²) >= 11 is 0. The van der Waals surface area contributed by atoms with Gasteiger partial charge in [-0.05, 0) is 5.56 Å². The molecule has 0 fully saturated rings. The first kappa shape index (κ1) is 13.0. The van der Waals surface area contributed by atoms with Crippen molar-refractivity contribution in [3.63, 3.8) is 0 Å². The molecule has 0 saturated heterocycles. The fourth-order valence-corrected chi connectivity index (χ4v) is 1.49. The van der Waals surface area contributed by atoms with Gasteiger partial charge in [0.15, 0.2) is 11.6 Å². The highest BCUT2D eigenvalue weighted by molar-refractivity contribution is 5.90. The first-order valence-corrected chi connectivity index (χ1v) is 5.47. The van der Waals surface area contributed by atoms with Gasteiger partial charge in [-0.25, -0.2) is 13.6 Å². The van der Waals surface area contributed by atoms with Gasteiger partial charge in [-0.1, -0.05) is 30.3 Å². The van der Waals surface area contributed by atoms with Crippen LogP contribution in [-0.4, -0.2) is 11.1 Å². The first-order valence-electron chi connectivity index (χ1n) is 5.47. The monoisotopic (exact) mass is 264 g/mol. The highest BCUT2D eigenvalue weighted by atomic mass is 19.1. The molecule has 5 heteroatoms. The Balaban J connectivity index is 2.10. The number of aromatic hydroxyl groups is 1. The van der Waals surface area contributed by atoms with E-state index >= 15 is 0 Å². The summed E-state index contributed by atoms with van der Waals surface area (Å²) in [6, 6.07) is 9.98. The second-order valence-corrected chi connectivity index (χ2v) is 3.85. The molecule has 2 aromatic rings. The predicted molar refractivity (Wildman–Crippen MR) is 63.6 cm³/mol. The fourth-order valence-electron chi connectivity index (χ4n) is 1.49. The van der Waals surface area contributed by atoms with E-state index in [-0.39, 0.29) is 6.61 Å². The number of halogens is 2. The molecule has 3 nitrogen and oxygen atoms in total. The minimum atomic E-state index is -1.13. The molecular formula is C14H10F2O3. The molecule has 0 aliphatic heterocycles. The molecule has 0 spiro atoms. The Hall–Kier alpha value is -2.43. The van der Waals surface area contributed by atoms with Crippen LogP contribution >= 0.6 is 0 Å². The molecule has 0 unspecified atom stereocenters. The summed E-state index contributed by atoms with van der Waals surface area (Å²) in [7, 11) is 0. The zero-order chi connectivity index (χ0) is 13.8. The van der Waals surface area contributed by atoms with Gasteiger partial charge in [0.25, 0.3) is 0 Å². The number of rotatable bonds is 3. The second-order valence-electron chi connectivity index (χ2n) is 3.85. The fraction of sp³-hybridized carbons (Fsp3) is 0.0714. The Labute approximate surface area is 108 Å². The Kier molecular flexibility index (Phi) is 3.75. The molecule has 2 rings (SSSR count). The molecule has 0 aliphatic rings. The SMILES string of the molecule is O=C(OCc1ccccc1)c1cc(O)c(F)cc1F. The molecule has 0 saturated carbocycles. The third-order valence-corrected chi connectivity index (χ3v) is 2.47. The first-order chi connectivity index (χ1) is 9.08. The lowest BCUT2D eigenvalue weighted by Crippen LogP contribution is -2.08. The summed E-state index contributed by atoms with van der Waals surface area (Å²) in [6.07, 6.45) is 0. The van der Waals surface area contributed by atoms with E-state index in [0.29, 0.717) is 12.1 Å². The van der Waals surface area contributed by atoms with Crippen LogP contribution in [0.1, 0.15) is 15.9 Å². The van der Waals surface area contributed by atoms with E-state index in [4.69, 9.17) is 9.84 Å². The van der Waals surface area contributed by atoms with Crippen molar-refractivity contribution in [1.29, 1.82) is 0 Å². The average Bonchev–Trinajstić information content (AvgIpc) is 2.41. The molecule has 0 aliphatic carbocycles. The number of benzene rings is 2. The number of ether oxygens (including phenoxy) is 1. The summed E-state index contributed by atoms with van der Waals surface area (Å²) in [5.41, 5.74) is 0.234. The van der Waals surface area contributed by atoms with Crippen molar-refractivity contribution in [2.24, 2.45) is 0 Å². The molecule has 98 valence electrons. The summed E-state index contributed by atoms with van der Waals surface area (Å²) in [4.78, 5) is 11.6. The number of carbonyl (C=O) groups excluding carboxylic acids is 1. The van der Waals surface area contributed by atoms with Crippen LogP contribution in [0.25, 0.3) is 0 Å². The molecule has 2 aromatic carbocycles. The topological polar surface area (TPSA) is 46.5 Å². The summed E-state index contributed by atoms with van der Waals surface area (Å²) < 4.78 is 31.1. The predicted octanol–water partition coefficient (Wildman–Crippen LogP) is 3.03. The van der Waals surface area contributed by atoms with Crippen LogP contribution < -0.4 is 0 Å². The number of esters is 1. The summed E-state index contributed by atoms with van der Waals surface area (Å²) in [6.45, 7) is -0.0305. The smallest absolute Gasteiger partial charge is 0.341 e. The molecule has 0 heterocycles. The van der Waals surface area contributed by atoms with Gasteiger partial charge in [0.2, 0.25) is 0 Å². The minimum Gasteiger partial charge on any atom is -0.505 e. The van der Waals surface area contributed by atoms with Gasteiger partial charge in [-0.2, -0.15) is 0 Å². The third kappa shape index (κ3) is 3.07. The quantitative estimate of drug-likeness (QED) is 0.867. The third-order valence-electron chi connectivity index (χ3n) is 2.47. The number of hydrogen-bond acceptors (Lipinski definition) is 3. The van der Waals surface area contributed by atoms with Crippen LogP contribution in [-0.2, 0) is 11.3 Å². The van der Waals surface area contributed by atoms with Crippen molar-refractivity contribution >= 4 is 5.97 Å². The van der Waals surface area contributed by atoms with Crippen molar-refractivity contribution in [3.8, 4) is 5.75 Å². The summed E-state index contributed by atoms with van der Waals surface area (Å²) in [5, 5.41) is 9.11. The van der Waals surface area contributed by atoms with Crippen LogP contribution in [0.5, 0.6) is 5.75 Å². The average molecular weight is 264 g/mol. The van der Waals surface area contributed by atoms with Crippen LogP contribution in [0.3, 0.4) is 0 Å². The maximum atomic E-state index is 13.4. The Bertz CT molecular complexity index is 597. The van der Waals surface area contributed by atoms with E-state index in [0.717, 1.165) is 5.56 Å². The van der Waals surface area contributed by atoms with Crippen LogP contribution in [0.4, 0.5) is 8.78 Å². The number of phenols is 1. The van der Waals surface area contributed by atoms with Crippen molar-refractivity contribution < 1.29 is 23.4 Å². The molecule has 1 N–H and O–H groups in total. The molecule has 0 radical (unpaired) electrons. The molecule has 0 bridgehead atoms. The number of phenolic OH excluding ortho intramolecular Hbond substituents is 1. The lowest BCUT2D eigenvalue weighted by Gasteiger charge is -2.06. The minimum absolute atomic E-state index is 0.0305. The Morgan fingerprint density at radius 3 is 2.47 bits per heavy atom. The van der Waals surface area contributed by atoms with E-state index in [1.165, 1.54) is 0 Å². The lowest BCUT2D eigenvalue weighted by atomic mass is 10.2.